The highest BCUT2D eigenvalue weighted by molar-refractivity contribution is 5.62. The fraction of sp³-hybridized carbons (Fsp3) is 0.320. The van der Waals surface area contributed by atoms with Crippen molar-refractivity contribution in [1.82, 2.24) is 14.9 Å². The van der Waals surface area contributed by atoms with Gasteiger partial charge in [0.1, 0.15) is 23.5 Å². The lowest BCUT2D eigenvalue weighted by molar-refractivity contribution is 0.347. The number of fused-ring (bicyclic) bond motifs is 1. The van der Waals surface area contributed by atoms with Gasteiger partial charge in [0.25, 0.3) is 5.56 Å². The van der Waals surface area contributed by atoms with Crippen LogP contribution in [0.2, 0.25) is 0 Å². The highest BCUT2D eigenvalue weighted by atomic mass is 19.1. The van der Waals surface area contributed by atoms with E-state index in [2.05, 4.69) is 10.2 Å². The summed E-state index contributed by atoms with van der Waals surface area (Å²) in [5.74, 6) is 0.451. The van der Waals surface area contributed by atoms with E-state index in [9.17, 15) is 13.6 Å². The molecule has 0 spiro atoms. The normalized spacial score (nSPS) is 19.5. The number of hydrogen-bond donors (Lipinski definition) is 1. The minimum Gasteiger partial charge on any atom is -0.494 e. The fourth-order valence-electron chi connectivity index (χ4n) is 4.86. The molecule has 2 fully saturated rings. The number of ether oxygens (including phenoxy) is 1. The van der Waals surface area contributed by atoms with Crippen LogP contribution in [0.1, 0.15) is 12.0 Å². The van der Waals surface area contributed by atoms with Crippen LogP contribution >= 0.6 is 0 Å². The Morgan fingerprint density at radius 3 is 2.68 bits per heavy atom. The van der Waals surface area contributed by atoms with Gasteiger partial charge in [0, 0.05) is 30.8 Å². The van der Waals surface area contributed by atoms with Gasteiger partial charge in [0.15, 0.2) is 11.6 Å². The van der Waals surface area contributed by atoms with Crippen molar-refractivity contribution in [2.75, 3.05) is 38.2 Å². The number of nitrogens with one attached hydrogen (secondary N) is 1. The van der Waals surface area contributed by atoms with Crippen LogP contribution in [-0.4, -0.2) is 42.8 Å². The van der Waals surface area contributed by atoms with Gasteiger partial charge in [-0.05, 0) is 61.7 Å². The Balaban J connectivity index is 1.65. The number of rotatable bonds is 4. The summed E-state index contributed by atoms with van der Waals surface area (Å²) in [5.41, 5.74) is 0.0195. The Morgan fingerprint density at radius 1 is 1.12 bits per heavy atom. The zero-order valence-corrected chi connectivity index (χ0v) is 18.6. The number of nitriles is 1. The number of aromatic nitrogens is 2. The van der Waals surface area contributed by atoms with Crippen molar-refractivity contribution in [3.8, 4) is 28.9 Å². The van der Waals surface area contributed by atoms with Gasteiger partial charge in [-0.3, -0.25) is 9.36 Å². The number of anilines is 1. The minimum absolute atomic E-state index is 0.0420. The summed E-state index contributed by atoms with van der Waals surface area (Å²) in [7, 11) is 1.36. The monoisotopic (exact) mass is 463 g/mol. The molecule has 2 aromatic carbocycles. The van der Waals surface area contributed by atoms with E-state index >= 15 is 0 Å². The summed E-state index contributed by atoms with van der Waals surface area (Å²) in [6.45, 7) is 3.47. The summed E-state index contributed by atoms with van der Waals surface area (Å²) < 4.78 is 35.2. The SMILES string of the molecule is COc1ccc(-n2c(-c3ccc(C#N)c(F)c3)nc(N3CCC4CNCC4C3)cc2=O)cc1F. The van der Waals surface area contributed by atoms with Crippen LogP contribution in [0.25, 0.3) is 17.1 Å². The van der Waals surface area contributed by atoms with Crippen molar-refractivity contribution in [2.45, 2.75) is 6.42 Å². The molecular weight excluding hydrogens is 440 g/mol. The van der Waals surface area contributed by atoms with E-state index < -0.39 is 17.2 Å². The topological polar surface area (TPSA) is 83.2 Å². The van der Waals surface area contributed by atoms with E-state index in [1.54, 1.807) is 12.1 Å². The van der Waals surface area contributed by atoms with Gasteiger partial charge in [0.2, 0.25) is 0 Å². The predicted molar refractivity (Wildman–Crippen MR) is 123 cm³/mol. The standard InChI is InChI=1S/C25H23F2N5O2/c1-34-22-5-4-19(9-21(22)27)32-24(33)10-23(31-7-6-17-12-29-13-18(17)14-31)30-25(32)15-2-3-16(11-28)20(26)8-15/h2-5,8-10,17-18,29H,6-7,12-14H2,1H3. The van der Waals surface area contributed by atoms with Crippen molar-refractivity contribution in [3.05, 3.63) is 70.0 Å². The summed E-state index contributed by atoms with van der Waals surface area (Å²) in [6, 6.07) is 11.4. The van der Waals surface area contributed by atoms with Crippen LogP contribution in [0.3, 0.4) is 0 Å². The first-order valence-electron chi connectivity index (χ1n) is 11.1. The number of hydrogen-bond acceptors (Lipinski definition) is 6. The third kappa shape index (κ3) is 3.90. The molecule has 3 aromatic rings. The van der Waals surface area contributed by atoms with Crippen molar-refractivity contribution in [2.24, 2.45) is 11.8 Å². The van der Waals surface area contributed by atoms with E-state index in [4.69, 9.17) is 15.0 Å². The number of benzene rings is 2. The molecule has 2 atom stereocenters. The molecule has 7 nitrogen and oxygen atoms in total. The smallest absolute Gasteiger partial charge is 0.260 e. The summed E-state index contributed by atoms with van der Waals surface area (Å²) in [6.07, 6.45) is 0.993. The number of halogens is 2. The molecule has 0 saturated carbocycles. The minimum atomic E-state index is -0.718. The van der Waals surface area contributed by atoms with Crippen LogP contribution in [0.4, 0.5) is 14.6 Å². The summed E-state index contributed by atoms with van der Waals surface area (Å²) in [5, 5.41) is 12.5. The average molecular weight is 463 g/mol. The fourth-order valence-corrected chi connectivity index (χ4v) is 4.86. The maximum Gasteiger partial charge on any atom is 0.260 e. The first-order valence-corrected chi connectivity index (χ1v) is 11.1. The van der Waals surface area contributed by atoms with E-state index in [0.29, 0.717) is 23.2 Å². The molecule has 3 heterocycles. The number of nitrogens with zero attached hydrogens (tertiary/aromatic N) is 4. The molecule has 1 aromatic heterocycles. The third-order valence-electron chi connectivity index (χ3n) is 6.67. The largest absolute Gasteiger partial charge is 0.494 e. The maximum absolute atomic E-state index is 14.5. The Morgan fingerprint density at radius 2 is 1.94 bits per heavy atom. The van der Waals surface area contributed by atoms with Crippen LogP contribution in [0, 0.1) is 34.8 Å². The van der Waals surface area contributed by atoms with Crippen molar-refractivity contribution >= 4 is 5.82 Å². The van der Waals surface area contributed by atoms with Crippen LogP contribution in [0.5, 0.6) is 5.75 Å². The van der Waals surface area contributed by atoms with Gasteiger partial charge < -0.3 is 15.0 Å². The molecule has 9 heteroatoms. The average Bonchev–Trinajstić information content (AvgIpc) is 3.31. The molecule has 174 valence electrons. The second kappa shape index (κ2) is 8.88. The van der Waals surface area contributed by atoms with Gasteiger partial charge in [-0.1, -0.05) is 0 Å². The number of piperidine rings is 1. The van der Waals surface area contributed by atoms with Crippen molar-refractivity contribution < 1.29 is 13.5 Å². The lowest BCUT2D eigenvalue weighted by Gasteiger charge is -2.35. The molecule has 5 rings (SSSR count). The van der Waals surface area contributed by atoms with Crippen LogP contribution in [0.15, 0.2) is 47.3 Å². The van der Waals surface area contributed by atoms with Gasteiger partial charge in [0.05, 0.1) is 18.4 Å². The van der Waals surface area contributed by atoms with E-state index in [1.165, 1.54) is 48.1 Å². The molecule has 34 heavy (non-hydrogen) atoms. The first-order chi connectivity index (χ1) is 16.5. The van der Waals surface area contributed by atoms with Crippen LogP contribution in [-0.2, 0) is 0 Å². The van der Waals surface area contributed by atoms with Gasteiger partial charge in [-0.15, -0.1) is 0 Å². The molecule has 2 aliphatic rings. The van der Waals surface area contributed by atoms with Gasteiger partial charge in [-0.25, -0.2) is 13.8 Å². The Labute approximate surface area is 195 Å². The number of methoxy groups -OCH3 is 1. The second-order valence-corrected chi connectivity index (χ2v) is 8.65. The molecule has 2 saturated heterocycles. The molecule has 0 amide bonds. The second-order valence-electron chi connectivity index (χ2n) is 8.65. The van der Waals surface area contributed by atoms with Crippen molar-refractivity contribution in [3.63, 3.8) is 0 Å². The Kier molecular flexibility index (Phi) is 5.75. The maximum atomic E-state index is 14.5. The molecule has 2 unspecified atom stereocenters. The lowest BCUT2D eigenvalue weighted by atomic mass is 9.89. The molecule has 1 N–H and O–H groups in total. The van der Waals surface area contributed by atoms with Crippen LogP contribution < -0.4 is 20.5 Å². The summed E-state index contributed by atoms with van der Waals surface area (Å²) in [4.78, 5) is 20.2. The first kappa shape index (κ1) is 22.0. The zero-order valence-electron chi connectivity index (χ0n) is 18.6. The van der Waals surface area contributed by atoms with Gasteiger partial charge in [-0.2, -0.15) is 5.26 Å². The zero-order chi connectivity index (χ0) is 23.8. The molecule has 2 aliphatic heterocycles. The van der Waals surface area contributed by atoms with Crippen molar-refractivity contribution in [1.29, 1.82) is 5.26 Å². The third-order valence-corrected chi connectivity index (χ3v) is 6.67. The van der Waals surface area contributed by atoms with Gasteiger partial charge >= 0.3 is 0 Å². The van der Waals surface area contributed by atoms with E-state index in [-0.39, 0.29) is 22.8 Å². The predicted octanol–water partition coefficient (Wildman–Crippen LogP) is 3.10. The molecule has 0 bridgehead atoms. The Hall–Kier alpha value is -3.77. The summed E-state index contributed by atoms with van der Waals surface area (Å²) >= 11 is 0. The quantitative estimate of drug-likeness (QED) is 0.640. The molecule has 0 radical (unpaired) electrons. The Bertz CT molecular complexity index is 1350. The van der Waals surface area contributed by atoms with E-state index in [0.717, 1.165) is 32.6 Å². The highest BCUT2D eigenvalue weighted by Gasteiger charge is 2.33. The highest BCUT2D eigenvalue weighted by Crippen LogP contribution is 2.31. The van der Waals surface area contributed by atoms with E-state index in [1.807, 2.05) is 0 Å². The molecule has 0 aliphatic carbocycles. The lowest BCUT2D eigenvalue weighted by Crippen LogP contribution is -2.41. The molecular formula is C25H23F2N5O2.